The standard InChI is InChI=1S/C20H22ClNO3S/c1-14-2-10-18(11-3-14)26(24,25)13-12-19(23)22-20(15-4-5-15)16-6-8-17(21)9-7-16/h2-3,6-11,15,20H,4-5,12-13H2,1H3,(H,22,23)/t20-/m0/s1. The van der Waals surface area contributed by atoms with E-state index < -0.39 is 9.84 Å². The zero-order chi connectivity index (χ0) is 18.7. The Kier molecular flexibility index (Phi) is 5.68. The van der Waals surface area contributed by atoms with Crippen molar-refractivity contribution in [2.45, 2.75) is 37.1 Å². The molecule has 2 aromatic carbocycles. The maximum atomic E-state index is 12.4. The van der Waals surface area contributed by atoms with E-state index in [4.69, 9.17) is 11.6 Å². The number of aryl methyl sites for hydroxylation is 1. The molecule has 0 radical (unpaired) electrons. The number of carbonyl (C=O) groups is 1. The summed E-state index contributed by atoms with van der Waals surface area (Å²) >= 11 is 5.93. The summed E-state index contributed by atoms with van der Waals surface area (Å²) in [5.74, 6) is -0.0266. The molecule has 1 amide bonds. The van der Waals surface area contributed by atoms with Crippen LogP contribution in [0.15, 0.2) is 53.4 Å². The predicted molar refractivity (Wildman–Crippen MR) is 103 cm³/mol. The molecule has 0 unspecified atom stereocenters. The predicted octanol–water partition coefficient (Wildman–Crippen LogP) is 4.08. The zero-order valence-electron chi connectivity index (χ0n) is 14.6. The van der Waals surface area contributed by atoms with E-state index in [-0.39, 0.29) is 29.0 Å². The number of benzene rings is 2. The summed E-state index contributed by atoms with van der Waals surface area (Å²) in [7, 11) is -3.46. The zero-order valence-corrected chi connectivity index (χ0v) is 16.2. The van der Waals surface area contributed by atoms with Gasteiger partial charge in [-0.2, -0.15) is 0 Å². The van der Waals surface area contributed by atoms with Gasteiger partial charge in [-0.25, -0.2) is 8.42 Å². The van der Waals surface area contributed by atoms with Crippen molar-refractivity contribution >= 4 is 27.3 Å². The molecular formula is C20H22ClNO3S. The molecule has 3 rings (SSSR count). The number of hydrogen-bond donors (Lipinski definition) is 1. The van der Waals surface area contributed by atoms with Gasteiger partial charge >= 0.3 is 0 Å². The van der Waals surface area contributed by atoms with Crippen LogP contribution >= 0.6 is 11.6 Å². The maximum Gasteiger partial charge on any atom is 0.221 e. The highest BCUT2D eigenvalue weighted by molar-refractivity contribution is 7.91. The highest BCUT2D eigenvalue weighted by atomic mass is 35.5. The number of hydrogen-bond acceptors (Lipinski definition) is 3. The molecule has 2 aromatic rings. The van der Waals surface area contributed by atoms with E-state index in [1.807, 2.05) is 19.1 Å². The van der Waals surface area contributed by atoms with Crippen LogP contribution < -0.4 is 5.32 Å². The summed E-state index contributed by atoms with van der Waals surface area (Å²) in [5, 5.41) is 3.65. The Balaban J connectivity index is 1.62. The fourth-order valence-electron chi connectivity index (χ4n) is 2.91. The summed E-state index contributed by atoms with van der Waals surface area (Å²) in [6.45, 7) is 1.90. The van der Waals surface area contributed by atoms with Crippen LogP contribution in [0.2, 0.25) is 5.02 Å². The van der Waals surface area contributed by atoms with Crippen molar-refractivity contribution in [1.29, 1.82) is 0 Å². The third-order valence-electron chi connectivity index (χ3n) is 4.62. The summed E-state index contributed by atoms with van der Waals surface area (Å²) < 4.78 is 24.8. The number of nitrogens with one attached hydrogen (secondary N) is 1. The molecule has 0 saturated heterocycles. The van der Waals surface area contributed by atoms with Gasteiger partial charge in [-0.1, -0.05) is 41.4 Å². The Morgan fingerprint density at radius 2 is 1.73 bits per heavy atom. The van der Waals surface area contributed by atoms with Crippen molar-refractivity contribution in [2.75, 3.05) is 5.75 Å². The van der Waals surface area contributed by atoms with Crippen LogP contribution in [0.3, 0.4) is 0 Å². The van der Waals surface area contributed by atoms with Gasteiger partial charge in [-0.15, -0.1) is 0 Å². The first-order valence-corrected chi connectivity index (χ1v) is 10.7. The molecule has 1 aliphatic carbocycles. The van der Waals surface area contributed by atoms with Crippen molar-refractivity contribution in [3.63, 3.8) is 0 Å². The van der Waals surface area contributed by atoms with Crippen LogP contribution in [0.25, 0.3) is 0 Å². The van der Waals surface area contributed by atoms with Gasteiger partial charge in [-0.05, 0) is 55.5 Å². The molecule has 1 saturated carbocycles. The number of sulfone groups is 1. The molecule has 0 aliphatic heterocycles. The first kappa shape index (κ1) is 18.9. The third kappa shape index (κ3) is 4.86. The molecule has 6 heteroatoms. The topological polar surface area (TPSA) is 63.2 Å². The lowest BCUT2D eigenvalue weighted by Crippen LogP contribution is -2.31. The minimum absolute atomic E-state index is 0.0486. The molecule has 0 spiro atoms. The summed E-state index contributed by atoms with van der Waals surface area (Å²) in [6.07, 6.45) is 2.08. The molecule has 1 N–H and O–H groups in total. The van der Waals surface area contributed by atoms with Crippen LogP contribution in [0.4, 0.5) is 0 Å². The fraction of sp³-hybridized carbons (Fsp3) is 0.350. The van der Waals surface area contributed by atoms with Gasteiger partial charge in [-0.3, -0.25) is 4.79 Å². The molecule has 1 aliphatic rings. The summed E-state index contributed by atoms with van der Waals surface area (Å²) in [5.41, 5.74) is 2.00. The van der Waals surface area contributed by atoms with E-state index in [1.165, 1.54) is 0 Å². The monoisotopic (exact) mass is 391 g/mol. The van der Waals surface area contributed by atoms with Crippen LogP contribution in [0, 0.1) is 12.8 Å². The summed E-state index contributed by atoms with van der Waals surface area (Å²) in [6, 6.07) is 14.0. The Morgan fingerprint density at radius 1 is 1.12 bits per heavy atom. The minimum atomic E-state index is -3.46. The van der Waals surface area contributed by atoms with Gasteiger partial charge in [0.25, 0.3) is 0 Å². The van der Waals surface area contributed by atoms with Gasteiger partial charge < -0.3 is 5.32 Å². The lowest BCUT2D eigenvalue weighted by atomic mass is 10.0. The lowest BCUT2D eigenvalue weighted by Gasteiger charge is -2.19. The highest BCUT2D eigenvalue weighted by Gasteiger charge is 2.33. The van der Waals surface area contributed by atoms with Gasteiger partial charge in [0.15, 0.2) is 9.84 Å². The normalized spacial score (nSPS) is 15.5. The molecule has 138 valence electrons. The Bertz CT molecular complexity index is 872. The quantitative estimate of drug-likeness (QED) is 0.773. The van der Waals surface area contributed by atoms with E-state index in [0.717, 1.165) is 24.0 Å². The molecule has 0 heterocycles. The van der Waals surface area contributed by atoms with E-state index in [9.17, 15) is 13.2 Å². The van der Waals surface area contributed by atoms with Gasteiger partial charge in [0.2, 0.25) is 5.91 Å². The van der Waals surface area contributed by atoms with Crippen LogP contribution in [0.5, 0.6) is 0 Å². The van der Waals surface area contributed by atoms with E-state index in [0.29, 0.717) is 10.9 Å². The molecule has 26 heavy (non-hydrogen) atoms. The first-order chi connectivity index (χ1) is 12.3. The molecule has 1 atom stereocenters. The maximum absolute atomic E-state index is 12.4. The van der Waals surface area contributed by atoms with Crippen LogP contribution in [-0.2, 0) is 14.6 Å². The molecule has 0 bridgehead atoms. The van der Waals surface area contributed by atoms with E-state index in [1.54, 1.807) is 36.4 Å². The third-order valence-corrected chi connectivity index (χ3v) is 6.60. The number of rotatable bonds is 7. The van der Waals surface area contributed by atoms with Crippen LogP contribution in [-0.4, -0.2) is 20.1 Å². The Hall–Kier alpha value is -1.85. The SMILES string of the molecule is Cc1ccc(S(=O)(=O)CCC(=O)N[C@H](c2ccc(Cl)cc2)C2CC2)cc1. The molecular weight excluding hydrogens is 370 g/mol. The lowest BCUT2D eigenvalue weighted by molar-refractivity contribution is -0.121. The fourth-order valence-corrected chi connectivity index (χ4v) is 4.28. The average Bonchev–Trinajstić information content (AvgIpc) is 3.44. The highest BCUT2D eigenvalue weighted by Crippen LogP contribution is 2.41. The number of carbonyl (C=O) groups excluding carboxylic acids is 1. The van der Waals surface area contributed by atoms with Crippen molar-refractivity contribution in [1.82, 2.24) is 5.32 Å². The Labute approximate surface area is 159 Å². The van der Waals surface area contributed by atoms with Gasteiger partial charge in [0.05, 0.1) is 16.7 Å². The second-order valence-corrected chi connectivity index (χ2v) is 9.36. The van der Waals surface area contributed by atoms with Crippen molar-refractivity contribution < 1.29 is 13.2 Å². The second-order valence-electron chi connectivity index (χ2n) is 6.82. The van der Waals surface area contributed by atoms with Gasteiger partial charge in [0, 0.05) is 11.4 Å². The molecule has 1 fully saturated rings. The van der Waals surface area contributed by atoms with E-state index >= 15 is 0 Å². The second kappa shape index (κ2) is 7.80. The van der Waals surface area contributed by atoms with Crippen LogP contribution in [0.1, 0.15) is 36.4 Å². The number of amides is 1. The molecule has 4 nitrogen and oxygen atoms in total. The minimum Gasteiger partial charge on any atom is -0.349 e. The van der Waals surface area contributed by atoms with E-state index in [2.05, 4.69) is 5.32 Å². The Morgan fingerprint density at radius 3 is 2.31 bits per heavy atom. The van der Waals surface area contributed by atoms with Crippen molar-refractivity contribution in [2.24, 2.45) is 5.92 Å². The van der Waals surface area contributed by atoms with Crippen molar-refractivity contribution in [3.05, 3.63) is 64.7 Å². The van der Waals surface area contributed by atoms with Gasteiger partial charge in [0.1, 0.15) is 0 Å². The number of halogens is 1. The largest absolute Gasteiger partial charge is 0.349 e. The van der Waals surface area contributed by atoms with Crippen molar-refractivity contribution in [3.8, 4) is 0 Å². The summed E-state index contributed by atoms with van der Waals surface area (Å²) in [4.78, 5) is 12.6. The smallest absolute Gasteiger partial charge is 0.221 e. The molecule has 0 aromatic heterocycles. The average molecular weight is 392 g/mol. The first-order valence-electron chi connectivity index (χ1n) is 8.69.